The molecule has 2 N–H and O–H groups in total. The number of ether oxygens (including phenoxy) is 2. The van der Waals surface area contributed by atoms with Crippen LogP contribution >= 0.6 is 0 Å². The molecule has 0 aromatic heterocycles. The first-order valence-corrected chi connectivity index (χ1v) is 9.38. The molecule has 1 amide bonds. The van der Waals surface area contributed by atoms with Gasteiger partial charge >= 0.3 is 0 Å². The Labute approximate surface area is 171 Å². The van der Waals surface area contributed by atoms with E-state index in [4.69, 9.17) is 9.47 Å². The minimum absolute atomic E-state index is 0.125. The van der Waals surface area contributed by atoms with Crippen LogP contribution in [-0.2, 0) is 11.4 Å². The zero-order chi connectivity index (χ0) is 20.3. The third-order valence-electron chi connectivity index (χ3n) is 4.07. The molecule has 0 saturated heterocycles. The van der Waals surface area contributed by atoms with Gasteiger partial charge in [0.25, 0.3) is 0 Å². The third kappa shape index (κ3) is 6.43. The lowest BCUT2D eigenvalue weighted by Gasteiger charge is -2.13. The molecule has 0 aliphatic heterocycles. The van der Waals surface area contributed by atoms with Crippen molar-refractivity contribution < 1.29 is 14.3 Å². The highest BCUT2D eigenvalue weighted by Gasteiger charge is 2.07. The van der Waals surface area contributed by atoms with Crippen molar-refractivity contribution in [2.75, 3.05) is 23.8 Å². The van der Waals surface area contributed by atoms with Crippen molar-refractivity contribution in [3.05, 3.63) is 97.1 Å². The molecule has 3 aromatic carbocycles. The highest BCUT2D eigenvalue weighted by atomic mass is 16.5. The van der Waals surface area contributed by atoms with E-state index >= 15 is 0 Å². The van der Waals surface area contributed by atoms with Crippen LogP contribution in [0.3, 0.4) is 0 Å². The number of hydrogen-bond donors (Lipinski definition) is 2. The Morgan fingerprint density at radius 1 is 0.897 bits per heavy atom. The predicted octanol–water partition coefficient (Wildman–Crippen LogP) is 4.88. The molecule has 3 rings (SSSR count). The molecular formula is C24H24N2O3. The lowest BCUT2D eigenvalue weighted by molar-refractivity contribution is -0.114. The van der Waals surface area contributed by atoms with E-state index < -0.39 is 0 Å². The smallest absolute Gasteiger partial charge is 0.243 e. The number of carbonyl (C=O) groups excluding carboxylic acids is 1. The number of nitrogens with one attached hydrogen (secondary N) is 2. The van der Waals surface area contributed by atoms with E-state index in [1.54, 1.807) is 30.3 Å². The van der Waals surface area contributed by atoms with E-state index in [2.05, 4.69) is 17.2 Å². The van der Waals surface area contributed by atoms with E-state index in [1.165, 1.54) is 0 Å². The van der Waals surface area contributed by atoms with Crippen LogP contribution in [0, 0.1) is 0 Å². The molecule has 29 heavy (non-hydrogen) atoms. The van der Waals surface area contributed by atoms with Crippen LogP contribution in [0.25, 0.3) is 0 Å². The maximum Gasteiger partial charge on any atom is 0.243 e. The average molecular weight is 388 g/mol. The van der Waals surface area contributed by atoms with Gasteiger partial charge in [-0.3, -0.25) is 4.79 Å². The summed E-state index contributed by atoms with van der Waals surface area (Å²) in [6.45, 7) is 4.65. The van der Waals surface area contributed by atoms with Gasteiger partial charge < -0.3 is 20.1 Å². The Morgan fingerprint density at radius 3 is 2.38 bits per heavy atom. The molecule has 0 aliphatic carbocycles. The lowest BCUT2D eigenvalue weighted by atomic mass is 10.2. The standard InChI is InChI=1S/C24H24N2O3/c1-2-16-28-21-14-12-20(13-15-21)26-24(27)17-25-22-10-6-7-11-23(22)29-18-19-8-4-3-5-9-19/h2-15,25H,1,16-18H2,(H,26,27). The molecule has 5 heteroatoms. The first-order chi connectivity index (χ1) is 14.2. The Balaban J connectivity index is 1.51. The molecule has 3 aromatic rings. The van der Waals surface area contributed by atoms with Gasteiger partial charge in [-0.1, -0.05) is 55.1 Å². The summed E-state index contributed by atoms with van der Waals surface area (Å²) in [5.74, 6) is 1.28. The van der Waals surface area contributed by atoms with Crippen molar-refractivity contribution in [1.29, 1.82) is 0 Å². The molecule has 0 unspecified atom stereocenters. The second-order valence-electron chi connectivity index (χ2n) is 6.30. The molecular weight excluding hydrogens is 364 g/mol. The van der Waals surface area contributed by atoms with Crippen LogP contribution in [0.5, 0.6) is 11.5 Å². The van der Waals surface area contributed by atoms with E-state index in [9.17, 15) is 4.79 Å². The van der Waals surface area contributed by atoms with Gasteiger partial charge in [-0.15, -0.1) is 0 Å². The average Bonchev–Trinajstić information content (AvgIpc) is 2.77. The molecule has 0 atom stereocenters. The summed E-state index contributed by atoms with van der Waals surface area (Å²) in [7, 11) is 0. The fourth-order valence-electron chi connectivity index (χ4n) is 2.64. The number of anilines is 2. The first kappa shape index (κ1) is 20.0. The van der Waals surface area contributed by atoms with Crippen molar-refractivity contribution in [2.24, 2.45) is 0 Å². The minimum atomic E-state index is -0.150. The van der Waals surface area contributed by atoms with E-state index in [1.807, 2.05) is 54.6 Å². The SMILES string of the molecule is C=CCOc1ccc(NC(=O)CNc2ccccc2OCc2ccccc2)cc1. The van der Waals surface area contributed by atoms with Gasteiger partial charge in [0.05, 0.1) is 12.2 Å². The van der Waals surface area contributed by atoms with E-state index in [0.717, 1.165) is 17.0 Å². The Kier molecular flexibility index (Phi) is 7.29. The molecule has 0 aliphatic rings. The molecule has 0 saturated carbocycles. The molecule has 0 spiro atoms. The summed E-state index contributed by atoms with van der Waals surface area (Å²) in [6.07, 6.45) is 1.68. The van der Waals surface area contributed by atoms with Gasteiger partial charge in [-0.2, -0.15) is 0 Å². The monoisotopic (exact) mass is 388 g/mol. The second-order valence-corrected chi connectivity index (χ2v) is 6.30. The summed E-state index contributed by atoms with van der Waals surface area (Å²) < 4.78 is 11.3. The molecule has 0 radical (unpaired) electrons. The Morgan fingerprint density at radius 2 is 1.62 bits per heavy atom. The van der Waals surface area contributed by atoms with Gasteiger partial charge in [0, 0.05) is 5.69 Å². The van der Waals surface area contributed by atoms with Crippen LogP contribution in [0.15, 0.2) is 91.5 Å². The van der Waals surface area contributed by atoms with Crippen LogP contribution < -0.4 is 20.1 Å². The number of rotatable bonds is 10. The number of carbonyl (C=O) groups is 1. The molecule has 148 valence electrons. The molecule has 0 bridgehead atoms. The van der Waals surface area contributed by atoms with Crippen molar-refractivity contribution in [3.63, 3.8) is 0 Å². The first-order valence-electron chi connectivity index (χ1n) is 9.38. The normalized spacial score (nSPS) is 10.1. The highest BCUT2D eigenvalue weighted by molar-refractivity contribution is 5.94. The van der Waals surface area contributed by atoms with Gasteiger partial charge in [0.15, 0.2) is 0 Å². The number of benzene rings is 3. The van der Waals surface area contributed by atoms with Crippen LogP contribution in [0.1, 0.15) is 5.56 Å². The molecule has 5 nitrogen and oxygen atoms in total. The highest BCUT2D eigenvalue weighted by Crippen LogP contribution is 2.24. The van der Waals surface area contributed by atoms with Gasteiger partial charge in [-0.05, 0) is 42.0 Å². The fraction of sp³-hybridized carbons (Fsp3) is 0.125. The maximum absolute atomic E-state index is 12.3. The van der Waals surface area contributed by atoms with Gasteiger partial charge in [0.2, 0.25) is 5.91 Å². The summed E-state index contributed by atoms with van der Waals surface area (Å²) in [4.78, 5) is 12.3. The molecule has 0 fully saturated rings. The summed E-state index contributed by atoms with van der Waals surface area (Å²) in [5, 5.41) is 5.99. The quantitative estimate of drug-likeness (QED) is 0.486. The Hall–Kier alpha value is -3.73. The Bertz CT molecular complexity index is 924. The minimum Gasteiger partial charge on any atom is -0.490 e. The largest absolute Gasteiger partial charge is 0.490 e. The number of amides is 1. The van der Waals surface area contributed by atoms with Crippen LogP contribution in [0.2, 0.25) is 0 Å². The number of hydrogen-bond acceptors (Lipinski definition) is 4. The van der Waals surface area contributed by atoms with Crippen molar-refractivity contribution in [3.8, 4) is 11.5 Å². The summed E-state index contributed by atoms with van der Waals surface area (Å²) in [6, 6.07) is 24.7. The van der Waals surface area contributed by atoms with Crippen molar-refractivity contribution in [1.82, 2.24) is 0 Å². The predicted molar refractivity (Wildman–Crippen MR) is 116 cm³/mol. The zero-order valence-electron chi connectivity index (χ0n) is 16.1. The van der Waals surface area contributed by atoms with Crippen molar-refractivity contribution >= 4 is 17.3 Å². The van der Waals surface area contributed by atoms with E-state index in [-0.39, 0.29) is 12.5 Å². The summed E-state index contributed by atoms with van der Waals surface area (Å²) >= 11 is 0. The van der Waals surface area contributed by atoms with E-state index in [0.29, 0.717) is 24.7 Å². The summed E-state index contributed by atoms with van der Waals surface area (Å²) in [5.41, 5.74) is 2.56. The topological polar surface area (TPSA) is 59.6 Å². The maximum atomic E-state index is 12.3. The lowest BCUT2D eigenvalue weighted by Crippen LogP contribution is -2.22. The second kappa shape index (κ2) is 10.6. The van der Waals surface area contributed by atoms with Crippen LogP contribution in [-0.4, -0.2) is 19.1 Å². The number of para-hydroxylation sites is 2. The third-order valence-corrected chi connectivity index (χ3v) is 4.07. The van der Waals surface area contributed by atoms with Crippen LogP contribution in [0.4, 0.5) is 11.4 Å². The fourth-order valence-corrected chi connectivity index (χ4v) is 2.64. The zero-order valence-corrected chi connectivity index (χ0v) is 16.1. The van der Waals surface area contributed by atoms with Gasteiger partial charge in [0.1, 0.15) is 24.7 Å². The van der Waals surface area contributed by atoms with Gasteiger partial charge in [-0.25, -0.2) is 0 Å². The molecule has 0 heterocycles. The van der Waals surface area contributed by atoms with Crippen molar-refractivity contribution in [2.45, 2.75) is 6.61 Å².